The highest BCUT2D eigenvalue weighted by Crippen LogP contribution is 2.15. The van der Waals surface area contributed by atoms with Gasteiger partial charge < -0.3 is 14.8 Å². The highest BCUT2D eigenvalue weighted by molar-refractivity contribution is 14.0. The van der Waals surface area contributed by atoms with Gasteiger partial charge in [0.25, 0.3) is 0 Å². The summed E-state index contributed by atoms with van der Waals surface area (Å²) >= 11 is 3.46. The molecule has 25 heavy (non-hydrogen) atoms. The zero-order valence-corrected chi connectivity index (χ0v) is 18.2. The maximum atomic E-state index is 13.9. The molecule has 0 atom stereocenters. The van der Waals surface area contributed by atoms with Gasteiger partial charge in [0.2, 0.25) is 0 Å². The van der Waals surface area contributed by atoms with Gasteiger partial charge in [0.05, 0.1) is 18.2 Å². The Morgan fingerprint density at radius 1 is 1.44 bits per heavy atom. The third-order valence-corrected chi connectivity index (χ3v) is 4.09. The quantitative estimate of drug-likeness (QED) is 0.381. The molecule has 1 aromatic heterocycles. The van der Waals surface area contributed by atoms with Crippen LogP contribution in [-0.2, 0) is 20.1 Å². The molecule has 2 rings (SSSR count). The second kappa shape index (κ2) is 9.77. The fraction of sp³-hybridized carbons (Fsp3) is 0.294. The van der Waals surface area contributed by atoms with Crippen molar-refractivity contribution in [2.45, 2.75) is 13.1 Å². The Labute approximate surface area is 172 Å². The molecule has 0 aliphatic heterocycles. The van der Waals surface area contributed by atoms with E-state index >= 15 is 0 Å². The summed E-state index contributed by atoms with van der Waals surface area (Å²) in [4.78, 5) is 6.18. The van der Waals surface area contributed by atoms with Crippen molar-refractivity contribution in [2.75, 3.05) is 14.1 Å². The summed E-state index contributed by atoms with van der Waals surface area (Å²) in [6.07, 6.45) is 1.99. The molecule has 134 valence electrons. The average Bonchev–Trinajstić information content (AvgIpc) is 2.87. The van der Waals surface area contributed by atoms with E-state index in [0.29, 0.717) is 23.6 Å². The van der Waals surface area contributed by atoms with Crippen LogP contribution < -0.4 is 5.32 Å². The number of nitrogens with zero attached hydrogens (tertiary/aromatic N) is 4. The lowest BCUT2D eigenvalue weighted by molar-refractivity contribution is 0.460. The summed E-state index contributed by atoms with van der Waals surface area (Å²) in [6.45, 7) is 0.914. The summed E-state index contributed by atoms with van der Waals surface area (Å²) in [5.74, 6) is 0.306. The maximum Gasteiger partial charge on any atom is 0.194 e. The number of aryl methyl sites for hydroxylation is 1. The zero-order chi connectivity index (χ0) is 17.7. The fourth-order valence-corrected chi connectivity index (χ4v) is 2.95. The first kappa shape index (κ1) is 21.4. The van der Waals surface area contributed by atoms with E-state index in [0.717, 1.165) is 10.2 Å². The molecule has 1 aromatic carbocycles. The van der Waals surface area contributed by atoms with Gasteiger partial charge in [0.15, 0.2) is 5.96 Å². The van der Waals surface area contributed by atoms with Crippen molar-refractivity contribution in [3.8, 4) is 6.07 Å². The van der Waals surface area contributed by atoms with Crippen molar-refractivity contribution < 1.29 is 4.39 Å². The minimum atomic E-state index is -0.342. The van der Waals surface area contributed by atoms with Crippen LogP contribution in [0, 0.1) is 17.1 Å². The van der Waals surface area contributed by atoms with E-state index in [-0.39, 0.29) is 36.3 Å². The number of rotatable bonds is 4. The molecule has 2 aromatic rings. The number of aromatic nitrogens is 1. The van der Waals surface area contributed by atoms with Crippen LogP contribution in [0.25, 0.3) is 0 Å². The van der Waals surface area contributed by atoms with Crippen LogP contribution >= 0.6 is 39.9 Å². The summed E-state index contributed by atoms with van der Waals surface area (Å²) in [7, 11) is 5.58. The molecule has 8 heteroatoms. The molecule has 0 aliphatic rings. The third kappa shape index (κ3) is 5.71. The number of guanidine groups is 1. The second-order valence-electron chi connectivity index (χ2n) is 5.44. The largest absolute Gasteiger partial charge is 0.352 e. The van der Waals surface area contributed by atoms with Gasteiger partial charge in [-0.15, -0.1) is 24.0 Å². The average molecular weight is 520 g/mol. The summed E-state index contributed by atoms with van der Waals surface area (Å²) in [6, 6.07) is 8.38. The predicted molar refractivity (Wildman–Crippen MR) is 111 cm³/mol. The lowest BCUT2D eigenvalue weighted by atomic mass is 10.1. The van der Waals surface area contributed by atoms with E-state index in [2.05, 4.69) is 26.2 Å². The molecule has 0 fully saturated rings. The van der Waals surface area contributed by atoms with Gasteiger partial charge in [-0.05, 0) is 40.2 Å². The molecule has 0 spiro atoms. The Kier molecular flexibility index (Phi) is 8.38. The van der Waals surface area contributed by atoms with Crippen LogP contribution in [0.2, 0.25) is 0 Å². The minimum Gasteiger partial charge on any atom is -0.352 e. The molecule has 0 aliphatic carbocycles. The molecule has 0 unspecified atom stereocenters. The van der Waals surface area contributed by atoms with E-state index in [9.17, 15) is 4.39 Å². The highest BCUT2D eigenvalue weighted by atomic mass is 127. The normalized spacial score (nSPS) is 10.8. The third-order valence-electron chi connectivity index (χ3n) is 3.66. The molecule has 0 amide bonds. The van der Waals surface area contributed by atoms with Crippen LogP contribution in [0.15, 0.2) is 39.9 Å². The summed E-state index contributed by atoms with van der Waals surface area (Å²) in [5.41, 5.74) is 1.99. The zero-order valence-electron chi connectivity index (χ0n) is 14.3. The first-order valence-corrected chi connectivity index (χ1v) is 8.15. The number of aliphatic imine (C=N–C) groups is 1. The number of halogens is 3. The van der Waals surface area contributed by atoms with Crippen molar-refractivity contribution in [1.82, 2.24) is 14.8 Å². The van der Waals surface area contributed by atoms with Crippen LogP contribution in [-0.4, -0.2) is 29.5 Å². The standard InChI is InChI=1S/C17H19BrFN5.HI/c1-21-17(24(3)11-15-7-14(18)10-23(15)2)22-9-13-6-12(8-20)4-5-16(13)19;/h4-7,10H,9,11H2,1-3H3,(H,21,22);1H. The Bertz CT molecular complexity index is 797. The number of hydrogen-bond acceptors (Lipinski definition) is 2. The lowest BCUT2D eigenvalue weighted by Gasteiger charge is -2.22. The van der Waals surface area contributed by atoms with Gasteiger partial charge in [0.1, 0.15) is 5.82 Å². The molecular formula is C17H20BrFIN5. The number of nitrogens with one attached hydrogen (secondary N) is 1. The van der Waals surface area contributed by atoms with Crippen molar-refractivity contribution in [3.05, 3.63) is 57.6 Å². The van der Waals surface area contributed by atoms with Gasteiger partial charge >= 0.3 is 0 Å². The van der Waals surface area contributed by atoms with Crippen molar-refractivity contribution >= 4 is 45.9 Å². The van der Waals surface area contributed by atoms with Gasteiger partial charge in [-0.2, -0.15) is 5.26 Å². The Morgan fingerprint density at radius 2 is 2.16 bits per heavy atom. The molecule has 0 saturated heterocycles. The smallest absolute Gasteiger partial charge is 0.194 e. The molecule has 0 radical (unpaired) electrons. The van der Waals surface area contributed by atoms with Gasteiger partial charge in [0, 0.05) is 49.6 Å². The van der Waals surface area contributed by atoms with Crippen LogP contribution in [0.4, 0.5) is 4.39 Å². The van der Waals surface area contributed by atoms with Gasteiger partial charge in [-0.25, -0.2) is 4.39 Å². The first-order valence-electron chi connectivity index (χ1n) is 7.35. The van der Waals surface area contributed by atoms with Crippen molar-refractivity contribution in [3.63, 3.8) is 0 Å². The van der Waals surface area contributed by atoms with Crippen molar-refractivity contribution in [2.24, 2.45) is 12.0 Å². The van der Waals surface area contributed by atoms with Crippen LogP contribution in [0.3, 0.4) is 0 Å². The summed E-state index contributed by atoms with van der Waals surface area (Å²) in [5, 5.41) is 12.1. The molecule has 1 N–H and O–H groups in total. The van der Waals surface area contributed by atoms with Gasteiger partial charge in [-0.3, -0.25) is 4.99 Å². The maximum absolute atomic E-state index is 13.9. The number of hydrogen-bond donors (Lipinski definition) is 1. The SMILES string of the molecule is CN=C(NCc1cc(C#N)ccc1F)N(C)Cc1cc(Br)cn1C.I. The van der Waals surface area contributed by atoms with Gasteiger partial charge in [-0.1, -0.05) is 0 Å². The first-order chi connectivity index (χ1) is 11.4. The van der Waals surface area contributed by atoms with Crippen molar-refractivity contribution in [1.29, 1.82) is 5.26 Å². The van der Waals surface area contributed by atoms with E-state index in [4.69, 9.17) is 5.26 Å². The Morgan fingerprint density at radius 3 is 2.72 bits per heavy atom. The monoisotopic (exact) mass is 519 g/mol. The van der Waals surface area contributed by atoms with E-state index < -0.39 is 0 Å². The molecular weight excluding hydrogens is 500 g/mol. The van der Waals surface area contributed by atoms with Crippen LogP contribution in [0.5, 0.6) is 0 Å². The van der Waals surface area contributed by atoms with Crippen LogP contribution in [0.1, 0.15) is 16.8 Å². The number of benzene rings is 1. The Balaban J connectivity index is 0.00000312. The molecule has 5 nitrogen and oxygen atoms in total. The van der Waals surface area contributed by atoms with E-state index in [1.54, 1.807) is 13.1 Å². The predicted octanol–water partition coefficient (Wildman–Crippen LogP) is 3.62. The summed E-state index contributed by atoms with van der Waals surface area (Å²) < 4.78 is 16.9. The Hall–Kier alpha value is -1.60. The highest BCUT2D eigenvalue weighted by Gasteiger charge is 2.11. The molecule has 0 bridgehead atoms. The molecule has 0 saturated carbocycles. The lowest BCUT2D eigenvalue weighted by Crippen LogP contribution is -2.38. The number of nitriles is 1. The van der Waals surface area contributed by atoms with E-state index in [1.807, 2.05) is 41.9 Å². The topological polar surface area (TPSA) is 56.4 Å². The van der Waals surface area contributed by atoms with E-state index in [1.165, 1.54) is 12.1 Å². The fourth-order valence-electron chi connectivity index (χ4n) is 2.38. The second-order valence-corrected chi connectivity index (χ2v) is 6.35. The molecule has 1 heterocycles. The minimum absolute atomic E-state index is 0.